The van der Waals surface area contributed by atoms with Gasteiger partial charge in [-0.15, -0.1) is 0 Å². The maximum Gasteiger partial charge on any atom is 0.305 e. The number of esters is 1. The van der Waals surface area contributed by atoms with E-state index in [1.165, 1.54) is 366 Å². The molecule has 0 aliphatic carbocycles. The first-order chi connectivity index (χ1) is 39.5. The Hall–Kier alpha value is -1.14. The minimum Gasteiger partial charge on any atom is -0.466 e. The molecule has 0 aromatic heterocycles. The third kappa shape index (κ3) is 66.0. The number of unbranched alkanes of at least 4 members (excludes halogenated alkanes) is 60. The molecule has 0 heterocycles. The smallest absolute Gasteiger partial charge is 0.305 e. The highest BCUT2D eigenvalue weighted by molar-refractivity contribution is 5.76. The molecule has 0 spiro atoms. The first kappa shape index (κ1) is 78.9. The second-order valence-electron chi connectivity index (χ2n) is 26.0. The molecule has 0 aliphatic rings. The van der Waals surface area contributed by atoms with Gasteiger partial charge in [0.05, 0.1) is 25.4 Å². The normalized spacial score (nSPS) is 12.4. The Bertz CT molecular complexity index is 1160. The minimum atomic E-state index is -0.661. The Morgan fingerprint density at radius 1 is 0.300 bits per heavy atom. The summed E-state index contributed by atoms with van der Waals surface area (Å²) in [5.74, 6) is -0.00276. The maximum absolute atomic E-state index is 12.5. The zero-order valence-electron chi connectivity index (χ0n) is 54.9. The third-order valence-corrected chi connectivity index (χ3v) is 17.9. The van der Waals surface area contributed by atoms with E-state index < -0.39 is 12.1 Å². The van der Waals surface area contributed by atoms with Crippen LogP contribution < -0.4 is 5.32 Å². The summed E-state index contributed by atoms with van der Waals surface area (Å²) in [7, 11) is 0. The number of aliphatic hydroxyl groups is 2. The summed E-state index contributed by atoms with van der Waals surface area (Å²) >= 11 is 0. The van der Waals surface area contributed by atoms with Crippen molar-refractivity contribution >= 4 is 11.9 Å². The Morgan fingerprint density at radius 3 is 0.762 bits per heavy atom. The fourth-order valence-electron chi connectivity index (χ4n) is 12.2. The molecule has 3 N–H and O–H groups in total. The highest BCUT2D eigenvalue weighted by Crippen LogP contribution is 2.20. The fourth-order valence-corrected chi connectivity index (χ4v) is 12.2. The second kappa shape index (κ2) is 70.3. The molecule has 0 saturated carbocycles. The maximum atomic E-state index is 12.5. The first-order valence-corrected chi connectivity index (χ1v) is 37.3. The van der Waals surface area contributed by atoms with E-state index in [-0.39, 0.29) is 18.5 Å². The Labute approximate surface area is 502 Å². The van der Waals surface area contributed by atoms with Gasteiger partial charge in [-0.1, -0.05) is 399 Å². The van der Waals surface area contributed by atoms with Crippen LogP contribution in [0.5, 0.6) is 0 Å². The Morgan fingerprint density at radius 2 is 0.512 bits per heavy atom. The van der Waals surface area contributed by atoms with Crippen LogP contribution in [0.15, 0.2) is 0 Å². The van der Waals surface area contributed by atoms with Crippen molar-refractivity contribution in [2.24, 2.45) is 0 Å². The van der Waals surface area contributed by atoms with Crippen molar-refractivity contribution in [3.63, 3.8) is 0 Å². The van der Waals surface area contributed by atoms with Crippen molar-refractivity contribution in [1.29, 1.82) is 0 Å². The van der Waals surface area contributed by atoms with Gasteiger partial charge < -0.3 is 20.3 Å². The molecule has 6 nitrogen and oxygen atoms in total. The standard InChI is InChI=1S/C74H147NO5/c1-3-5-7-9-11-13-15-16-17-18-19-34-37-40-43-47-50-54-58-62-66-72(77)71(70-76)75-73(78)67-63-59-55-51-48-44-41-38-35-32-30-28-26-24-22-20-21-23-25-27-29-31-33-36-39-42-45-49-53-57-61-65-69-80-74(79)68-64-60-56-52-46-14-12-10-8-6-4-2/h71-72,76-77H,3-70H2,1-2H3,(H,75,78). The van der Waals surface area contributed by atoms with E-state index in [1.807, 2.05) is 0 Å². The molecule has 80 heavy (non-hydrogen) atoms. The molecule has 0 aromatic carbocycles. The van der Waals surface area contributed by atoms with Crippen LogP contribution in [0.1, 0.15) is 438 Å². The number of rotatable bonds is 71. The fraction of sp³-hybridized carbons (Fsp3) is 0.973. The van der Waals surface area contributed by atoms with Crippen LogP contribution in [0, 0.1) is 0 Å². The lowest BCUT2D eigenvalue weighted by atomic mass is 10.0. The van der Waals surface area contributed by atoms with E-state index in [9.17, 15) is 19.8 Å². The van der Waals surface area contributed by atoms with E-state index in [4.69, 9.17) is 4.74 Å². The zero-order valence-corrected chi connectivity index (χ0v) is 54.9. The van der Waals surface area contributed by atoms with Crippen molar-refractivity contribution in [3.05, 3.63) is 0 Å². The lowest BCUT2D eigenvalue weighted by Gasteiger charge is -2.22. The van der Waals surface area contributed by atoms with Crippen molar-refractivity contribution in [3.8, 4) is 0 Å². The van der Waals surface area contributed by atoms with Crippen LogP contribution in [0.3, 0.4) is 0 Å². The summed E-state index contributed by atoms with van der Waals surface area (Å²) < 4.78 is 5.48. The topological polar surface area (TPSA) is 95.9 Å². The highest BCUT2D eigenvalue weighted by Gasteiger charge is 2.20. The predicted octanol–water partition coefficient (Wildman–Crippen LogP) is 24.2. The second-order valence-corrected chi connectivity index (χ2v) is 26.0. The molecular formula is C74H147NO5. The number of amides is 1. The Balaban J connectivity index is 3.32. The molecule has 478 valence electrons. The van der Waals surface area contributed by atoms with Crippen LogP contribution in [0.25, 0.3) is 0 Å². The lowest BCUT2D eigenvalue weighted by molar-refractivity contribution is -0.143. The lowest BCUT2D eigenvalue weighted by Crippen LogP contribution is -2.45. The molecule has 0 aliphatic heterocycles. The summed E-state index contributed by atoms with van der Waals surface area (Å²) in [5, 5.41) is 23.4. The van der Waals surface area contributed by atoms with Gasteiger partial charge in [0.15, 0.2) is 0 Å². The molecule has 2 unspecified atom stereocenters. The van der Waals surface area contributed by atoms with Crippen LogP contribution in [0.4, 0.5) is 0 Å². The van der Waals surface area contributed by atoms with Gasteiger partial charge in [-0.05, 0) is 25.7 Å². The molecule has 6 heteroatoms. The molecule has 0 fully saturated rings. The van der Waals surface area contributed by atoms with Gasteiger partial charge in [0.1, 0.15) is 0 Å². The first-order valence-electron chi connectivity index (χ1n) is 37.3. The number of hydrogen-bond donors (Lipinski definition) is 3. The van der Waals surface area contributed by atoms with Gasteiger partial charge in [0.2, 0.25) is 5.91 Å². The molecule has 0 bridgehead atoms. The van der Waals surface area contributed by atoms with Gasteiger partial charge >= 0.3 is 5.97 Å². The van der Waals surface area contributed by atoms with E-state index in [0.717, 1.165) is 38.5 Å². The van der Waals surface area contributed by atoms with Gasteiger partial charge in [-0.2, -0.15) is 0 Å². The van der Waals surface area contributed by atoms with E-state index >= 15 is 0 Å². The van der Waals surface area contributed by atoms with Crippen molar-refractivity contribution in [2.45, 2.75) is 450 Å². The van der Waals surface area contributed by atoms with E-state index in [1.54, 1.807) is 0 Å². The van der Waals surface area contributed by atoms with E-state index in [0.29, 0.717) is 25.9 Å². The monoisotopic (exact) mass is 1130 g/mol. The van der Waals surface area contributed by atoms with Crippen LogP contribution in [0.2, 0.25) is 0 Å². The predicted molar refractivity (Wildman–Crippen MR) is 352 cm³/mol. The van der Waals surface area contributed by atoms with Crippen LogP contribution in [-0.4, -0.2) is 47.4 Å². The summed E-state index contributed by atoms with van der Waals surface area (Å²) in [5.41, 5.74) is 0. The number of aliphatic hydroxyl groups excluding tert-OH is 2. The largest absolute Gasteiger partial charge is 0.466 e. The minimum absolute atomic E-state index is 0.0221. The zero-order chi connectivity index (χ0) is 57.8. The average Bonchev–Trinajstić information content (AvgIpc) is 3.46. The van der Waals surface area contributed by atoms with Gasteiger partial charge in [-0.25, -0.2) is 0 Å². The quantitative estimate of drug-likeness (QED) is 0.0417. The van der Waals surface area contributed by atoms with E-state index in [2.05, 4.69) is 19.2 Å². The number of nitrogens with one attached hydrogen (secondary N) is 1. The number of carbonyl (C=O) groups is 2. The molecule has 0 radical (unpaired) electrons. The molecule has 0 saturated heterocycles. The molecule has 1 amide bonds. The van der Waals surface area contributed by atoms with Gasteiger partial charge in [-0.3, -0.25) is 9.59 Å². The molecular weight excluding hydrogens is 983 g/mol. The number of carbonyl (C=O) groups excluding carboxylic acids is 2. The van der Waals surface area contributed by atoms with Crippen molar-refractivity contribution < 1.29 is 24.5 Å². The van der Waals surface area contributed by atoms with Crippen LogP contribution in [-0.2, 0) is 14.3 Å². The Kier molecular flexibility index (Phi) is 69.3. The average molecular weight is 1130 g/mol. The SMILES string of the molecule is CCCCCCCCCCCCCCCCCCCCCCC(O)C(CO)NC(=O)CCCCCCCCCCCCCCCCCCCCCCCCCCCCCCCCCCOC(=O)CCCCCCCCCCCCC. The summed E-state index contributed by atoms with van der Waals surface area (Å²) in [4.78, 5) is 24.6. The summed E-state index contributed by atoms with van der Waals surface area (Å²) in [6.07, 6.45) is 86.1. The molecule has 2 atom stereocenters. The highest BCUT2D eigenvalue weighted by atomic mass is 16.5. The number of hydrogen-bond acceptors (Lipinski definition) is 5. The van der Waals surface area contributed by atoms with Gasteiger partial charge in [0.25, 0.3) is 0 Å². The van der Waals surface area contributed by atoms with Crippen LogP contribution >= 0.6 is 0 Å². The summed E-state index contributed by atoms with van der Waals surface area (Å²) in [6.45, 7) is 5.00. The third-order valence-electron chi connectivity index (χ3n) is 17.9. The molecule has 0 aromatic rings. The molecule has 0 rings (SSSR count). The van der Waals surface area contributed by atoms with Gasteiger partial charge in [0, 0.05) is 12.8 Å². The van der Waals surface area contributed by atoms with Crippen molar-refractivity contribution in [2.75, 3.05) is 13.2 Å². The summed E-state index contributed by atoms with van der Waals surface area (Å²) in [6, 6.07) is -0.537. The van der Waals surface area contributed by atoms with Crippen molar-refractivity contribution in [1.82, 2.24) is 5.32 Å². The number of ether oxygens (including phenoxy) is 1.